The third kappa shape index (κ3) is 7.83. The highest BCUT2D eigenvalue weighted by atomic mass is 32.1. The smallest absolute Gasteiger partial charge is 0.262 e. The standard InChI is InChI=1S/C26H29N3O4S/c1-2-33-15-8-14-27-24(30)20-11-6-12-21(18-20)28-25(31)22(17-19-9-4-3-5-10-19)29-26(32)23-13-7-16-34-23/h3-7,9-13,16,18,22H,2,8,14-15,17H2,1H3,(H,27,30)(H,28,31)(H,29,32). The molecule has 3 rings (SSSR count). The van der Waals surface area contributed by atoms with Gasteiger partial charge >= 0.3 is 0 Å². The van der Waals surface area contributed by atoms with Crippen LogP contribution in [0.2, 0.25) is 0 Å². The van der Waals surface area contributed by atoms with Crippen molar-refractivity contribution >= 4 is 34.7 Å². The SMILES string of the molecule is CCOCCCNC(=O)c1cccc(NC(=O)C(Cc2ccccc2)NC(=O)c2cccs2)c1. The molecule has 1 aromatic heterocycles. The van der Waals surface area contributed by atoms with Gasteiger partial charge in [-0.1, -0.05) is 42.5 Å². The quantitative estimate of drug-likeness (QED) is 0.344. The Kier molecular flexibility index (Phi) is 9.81. The topological polar surface area (TPSA) is 96.5 Å². The van der Waals surface area contributed by atoms with Gasteiger partial charge in [0.25, 0.3) is 11.8 Å². The molecular weight excluding hydrogens is 450 g/mol. The minimum Gasteiger partial charge on any atom is -0.382 e. The van der Waals surface area contributed by atoms with Gasteiger partial charge < -0.3 is 20.7 Å². The zero-order valence-corrected chi connectivity index (χ0v) is 19.9. The number of nitrogens with one attached hydrogen (secondary N) is 3. The van der Waals surface area contributed by atoms with E-state index in [1.807, 2.05) is 42.6 Å². The summed E-state index contributed by atoms with van der Waals surface area (Å²) in [5.74, 6) is -0.881. The molecule has 3 aromatic rings. The van der Waals surface area contributed by atoms with E-state index in [4.69, 9.17) is 4.74 Å². The van der Waals surface area contributed by atoms with Crippen LogP contribution in [0.3, 0.4) is 0 Å². The molecular formula is C26H29N3O4S. The molecule has 0 aliphatic rings. The van der Waals surface area contributed by atoms with E-state index in [9.17, 15) is 14.4 Å². The van der Waals surface area contributed by atoms with E-state index in [-0.39, 0.29) is 17.7 Å². The molecule has 178 valence electrons. The zero-order valence-electron chi connectivity index (χ0n) is 19.1. The van der Waals surface area contributed by atoms with Gasteiger partial charge in [-0.3, -0.25) is 14.4 Å². The Morgan fingerprint density at radius 1 is 0.971 bits per heavy atom. The molecule has 3 N–H and O–H groups in total. The average molecular weight is 480 g/mol. The first kappa shape index (κ1) is 25.1. The van der Waals surface area contributed by atoms with Crippen LogP contribution < -0.4 is 16.0 Å². The van der Waals surface area contributed by atoms with Crippen molar-refractivity contribution < 1.29 is 19.1 Å². The fourth-order valence-corrected chi connectivity index (χ4v) is 3.91. The second-order valence-corrected chi connectivity index (χ2v) is 8.52. The predicted molar refractivity (Wildman–Crippen MR) is 134 cm³/mol. The van der Waals surface area contributed by atoms with E-state index in [0.29, 0.717) is 42.3 Å². The third-order valence-corrected chi connectivity index (χ3v) is 5.87. The van der Waals surface area contributed by atoms with E-state index in [1.165, 1.54) is 11.3 Å². The normalized spacial score (nSPS) is 11.4. The van der Waals surface area contributed by atoms with Crippen molar-refractivity contribution in [1.82, 2.24) is 10.6 Å². The molecule has 7 nitrogen and oxygen atoms in total. The van der Waals surface area contributed by atoms with Gasteiger partial charge in [-0.05, 0) is 48.6 Å². The number of ether oxygens (including phenoxy) is 1. The van der Waals surface area contributed by atoms with Crippen LogP contribution in [0, 0.1) is 0 Å². The van der Waals surface area contributed by atoms with Crippen LogP contribution in [0.4, 0.5) is 5.69 Å². The number of thiophene rings is 1. The summed E-state index contributed by atoms with van der Waals surface area (Å²) >= 11 is 1.31. The van der Waals surface area contributed by atoms with Crippen molar-refractivity contribution in [2.24, 2.45) is 0 Å². The summed E-state index contributed by atoms with van der Waals surface area (Å²) in [4.78, 5) is 38.8. The van der Waals surface area contributed by atoms with Gasteiger partial charge in [0.1, 0.15) is 6.04 Å². The van der Waals surface area contributed by atoms with E-state index in [0.717, 1.165) is 12.0 Å². The van der Waals surface area contributed by atoms with Gasteiger partial charge in [-0.25, -0.2) is 0 Å². The van der Waals surface area contributed by atoms with Crippen LogP contribution in [0.1, 0.15) is 38.9 Å². The monoisotopic (exact) mass is 479 g/mol. The maximum atomic E-state index is 13.1. The van der Waals surface area contributed by atoms with Gasteiger partial charge in [0.15, 0.2) is 0 Å². The molecule has 0 aliphatic heterocycles. The highest BCUT2D eigenvalue weighted by molar-refractivity contribution is 7.12. The zero-order chi connectivity index (χ0) is 24.2. The van der Waals surface area contributed by atoms with Gasteiger partial charge in [0.2, 0.25) is 5.91 Å². The maximum Gasteiger partial charge on any atom is 0.262 e. The number of hydrogen-bond donors (Lipinski definition) is 3. The molecule has 8 heteroatoms. The Bertz CT molecular complexity index is 1070. The van der Waals surface area contributed by atoms with Crippen molar-refractivity contribution in [2.45, 2.75) is 25.8 Å². The van der Waals surface area contributed by atoms with Crippen LogP contribution in [-0.4, -0.2) is 43.5 Å². The number of carbonyl (C=O) groups is 3. The number of amides is 3. The summed E-state index contributed by atoms with van der Waals surface area (Å²) in [7, 11) is 0. The molecule has 0 aliphatic carbocycles. The highest BCUT2D eigenvalue weighted by Gasteiger charge is 2.23. The number of anilines is 1. The van der Waals surface area contributed by atoms with Crippen molar-refractivity contribution in [3.63, 3.8) is 0 Å². The predicted octanol–water partition coefficient (Wildman–Crippen LogP) is 3.88. The van der Waals surface area contributed by atoms with Crippen molar-refractivity contribution in [1.29, 1.82) is 0 Å². The Morgan fingerprint density at radius 2 is 1.79 bits per heavy atom. The van der Waals surface area contributed by atoms with E-state index < -0.39 is 6.04 Å². The van der Waals surface area contributed by atoms with Crippen LogP contribution in [0.25, 0.3) is 0 Å². The molecule has 1 heterocycles. The van der Waals surface area contributed by atoms with Crippen molar-refractivity contribution in [3.8, 4) is 0 Å². The lowest BCUT2D eigenvalue weighted by Gasteiger charge is -2.19. The molecule has 0 saturated carbocycles. The van der Waals surface area contributed by atoms with Gasteiger partial charge in [0.05, 0.1) is 4.88 Å². The lowest BCUT2D eigenvalue weighted by molar-refractivity contribution is -0.118. The number of carbonyl (C=O) groups excluding carboxylic acids is 3. The summed E-state index contributed by atoms with van der Waals surface area (Å²) in [5.41, 5.74) is 1.85. The Morgan fingerprint density at radius 3 is 2.53 bits per heavy atom. The first-order valence-electron chi connectivity index (χ1n) is 11.2. The fourth-order valence-electron chi connectivity index (χ4n) is 3.29. The molecule has 2 aromatic carbocycles. The Hall–Kier alpha value is -3.49. The third-order valence-electron chi connectivity index (χ3n) is 5.00. The van der Waals surface area contributed by atoms with E-state index in [2.05, 4.69) is 16.0 Å². The lowest BCUT2D eigenvalue weighted by Crippen LogP contribution is -2.45. The van der Waals surface area contributed by atoms with Gasteiger partial charge in [0, 0.05) is 37.4 Å². The van der Waals surface area contributed by atoms with Crippen LogP contribution in [0.5, 0.6) is 0 Å². The second kappa shape index (κ2) is 13.3. The van der Waals surface area contributed by atoms with E-state index >= 15 is 0 Å². The summed E-state index contributed by atoms with van der Waals surface area (Å²) in [5, 5.41) is 10.3. The van der Waals surface area contributed by atoms with Crippen molar-refractivity contribution in [2.75, 3.05) is 25.1 Å². The van der Waals surface area contributed by atoms with Crippen molar-refractivity contribution in [3.05, 3.63) is 88.1 Å². The number of hydrogen-bond acceptors (Lipinski definition) is 5. The largest absolute Gasteiger partial charge is 0.382 e. The lowest BCUT2D eigenvalue weighted by atomic mass is 10.0. The number of rotatable bonds is 12. The number of benzene rings is 2. The first-order valence-corrected chi connectivity index (χ1v) is 12.1. The highest BCUT2D eigenvalue weighted by Crippen LogP contribution is 2.14. The van der Waals surface area contributed by atoms with E-state index in [1.54, 1.807) is 36.4 Å². The molecule has 34 heavy (non-hydrogen) atoms. The van der Waals surface area contributed by atoms with Crippen LogP contribution >= 0.6 is 11.3 Å². The minimum absolute atomic E-state index is 0.223. The summed E-state index contributed by atoms with van der Waals surface area (Å²) in [6.45, 7) is 3.67. The summed E-state index contributed by atoms with van der Waals surface area (Å²) in [6, 6.07) is 19.0. The Labute approximate surface area is 203 Å². The molecule has 0 spiro atoms. The summed E-state index contributed by atoms with van der Waals surface area (Å²) in [6.07, 6.45) is 1.06. The Balaban J connectivity index is 1.66. The molecule has 0 bridgehead atoms. The fraction of sp³-hybridized carbons (Fsp3) is 0.269. The molecule has 0 radical (unpaired) electrons. The average Bonchev–Trinajstić information content (AvgIpc) is 3.39. The molecule has 0 saturated heterocycles. The van der Waals surface area contributed by atoms with Crippen LogP contribution in [-0.2, 0) is 16.0 Å². The molecule has 0 fully saturated rings. The molecule has 1 unspecified atom stereocenters. The first-order chi connectivity index (χ1) is 16.6. The molecule has 1 atom stereocenters. The van der Waals surface area contributed by atoms with Gasteiger partial charge in [-0.15, -0.1) is 11.3 Å². The maximum absolute atomic E-state index is 13.1. The van der Waals surface area contributed by atoms with Gasteiger partial charge in [-0.2, -0.15) is 0 Å². The minimum atomic E-state index is -0.784. The van der Waals surface area contributed by atoms with Crippen LogP contribution in [0.15, 0.2) is 72.1 Å². The molecule has 3 amide bonds. The summed E-state index contributed by atoms with van der Waals surface area (Å²) < 4.78 is 5.27. The second-order valence-electron chi connectivity index (χ2n) is 7.57.